The van der Waals surface area contributed by atoms with Crippen LogP contribution in [0.15, 0.2) is 41.3 Å². The van der Waals surface area contributed by atoms with Gasteiger partial charge in [-0.1, -0.05) is 12.2 Å². The zero-order chi connectivity index (χ0) is 14.3. The average molecular weight is 294 g/mol. The van der Waals surface area contributed by atoms with E-state index in [1.54, 1.807) is 0 Å². The Kier molecular flexibility index (Phi) is 3.10. The van der Waals surface area contributed by atoms with E-state index in [1.807, 2.05) is 0 Å². The van der Waals surface area contributed by atoms with Crippen LogP contribution in [-0.2, 0) is 10.0 Å². The van der Waals surface area contributed by atoms with Gasteiger partial charge >= 0.3 is 0 Å². The summed E-state index contributed by atoms with van der Waals surface area (Å²) in [6.45, 7) is 0.985. The number of non-ortho nitro benzene ring substituents is 1. The van der Waals surface area contributed by atoms with Gasteiger partial charge in [-0.2, -0.15) is 4.31 Å². The summed E-state index contributed by atoms with van der Waals surface area (Å²) in [5.74, 6) is 0.586. The minimum atomic E-state index is -3.56. The van der Waals surface area contributed by atoms with Crippen molar-refractivity contribution in [1.29, 1.82) is 0 Å². The molecule has 0 aromatic heterocycles. The molecule has 1 aromatic rings. The van der Waals surface area contributed by atoms with E-state index in [4.69, 9.17) is 0 Å². The van der Waals surface area contributed by atoms with Crippen LogP contribution < -0.4 is 0 Å². The maximum Gasteiger partial charge on any atom is 0.269 e. The summed E-state index contributed by atoms with van der Waals surface area (Å²) < 4.78 is 26.5. The van der Waals surface area contributed by atoms with E-state index < -0.39 is 14.9 Å². The normalized spacial score (nSPS) is 25.8. The van der Waals surface area contributed by atoms with Crippen molar-refractivity contribution in [1.82, 2.24) is 4.31 Å². The number of nitro benzene ring substituents is 1. The van der Waals surface area contributed by atoms with Crippen molar-refractivity contribution < 1.29 is 13.3 Å². The van der Waals surface area contributed by atoms with E-state index in [9.17, 15) is 18.5 Å². The van der Waals surface area contributed by atoms with Gasteiger partial charge in [0.15, 0.2) is 0 Å². The molecule has 3 rings (SSSR count). The van der Waals surface area contributed by atoms with E-state index >= 15 is 0 Å². The Morgan fingerprint density at radius 3 is 2.15 bits per heavy atom. The van der Waals surface area contributed by atoms with Crippen molar-refractivity contribution in [3.05, 3.63) is 46.5 Å². The van der Waals surface area contributed by atoms with Gasteiger partial charge in [-0.05, 0) is 30.4 Å². The molecule has 1 aromatic carbocycles. The summed E-state index contributed by atoms with van der Waals surface area (Å²) in [4.78, 5) is 10.2. The zero-order valence-corrected chi connectivity index (χ0v) is 11.5. The number of hydrogen-bond acceptors (Lipinski definition) is 4. The first-order valence-electron chi connectivity index (χ1n) is 6.40. The molecule has 1 aliphatic carbocycles. The molecule has 1 saturated heterocycles. The monoisotopic (exact) mass is 294 g/mol. The number of benzene rings is 1. The fraction of sp³-hybridized carbons (Fsp3) is 0.385. The third kappa shape index (κ3) is 2.23. The Labute approximate surface area is 116 Å². The molecule has 0 radical (unpaired) electrons. The molecule has 7 heteroatoms. The van der Waals surface area contributed by atoms with E-state index in [0.29, 0.717) is 24.9 Å². The highest BCUT2D eigenvalue weighted by molar-refractivity contribution is 7.89. The van der Waals surface area contributed by atoms with Gasteiger partial charge in [0.25, 0.3) is 5.69 Å². The molecule has 0 N–H and O–H groups in total. The highest BCUT2D eigenvalue weighted by Gasteiger charge is 2.35. The van der Waals surface area contributed by atoms with Crippen LogP contribution in [-0.4, -0.2) is 30.7 Å². The lowest BCUT2D eigenvalue weighted by Crippen LogP contribution is -2.41. The molecule has 0 amide bonds. The first kappa shape index (κ1) is 13.3. The Morgan fingerprint density at radius 1 is 1.10 bits per heavy atom. The number of nitro groups is 1. The largest absolute Gasteiger partial charge is 0.269 e. The van der Waals surface area contributed by atoms with Crippen LogP contribution in [0.4, 0.5) is 5.69 Å². The van der Waals surface area contributed by atoms with Crippen LogP contribution in [0.1, 0.15) is 6.42 Å². The quantitative estimate of drug-likeness (QED) is 0.483. The van der Waals surface area contributed by atoms with Crippen molar-refractivity contribution >= 4 is 15.7 Å². The van der Waals surface area contributed by atoms with Gasteiger partial charge in [-0.15, -0.1) is 0 Å². The van der Waals surface area contributed by atoms with Crippen LogP contribution in [0.2, 0.25) is 0 Å². The summed E-state index contributed by atoms with van der Waals surface area (Å²) in [5, 5.41) is 10.6. The molecule has 0 spiro atoms. The maximum absolute atomic E-state index is 12.5. The molecule has 0 saturated carbocycles. The third-order valence-electron chi connectivity index (χ3n) is 3.82. The maximum atomic E-state index is 12.5. The number of hydrogen-bond donors (Lipinski definition) is 0. The van der Waals surface area contributed by atoms with Crippen LogP contribution in [0.25, 0.3) is 0 Å². The lowest BCUT2D eigenvalue weighted by molar-refractivity contribution is -0.384. The predicted octanol–water partition coefficient (Wildman–Crippen LogP) is 1.79. The Hall–Kier alpha value is -1.73. The fourth-order valence-corrected chi connectivity index (χ4v) is 4.37. The number of nitrogens with zero attached hydrogens (tertiary/aromatic N) is 2. The molecule has 2 bridgehead atoms. The van der Waals surface area contributed by atoms with E-state index in [1.165, 1.54) is 28.6 Å². The molecular weight excluding hydrogens is 280 g/mol. The van der Waals surface area contributed by atoms with E-state index in [-0.39, 0.29) is 10.6 Å². The first-order chi connectivity index (χ1) is 9.46. The average Bonchev–Trinajstić information content (AvgIpc) is 2.77. The van der Waals surface area contributed by atoms with Crippen LogP contribution in [0.5, 0.6) is 0 Å². The number of piperidine rings is 1. The van der Waals surface area contributed by atoms with Gasteiger partial charge in [0.2, 0.25) is 10.0 Å². The summed E-state index contributed by atoms with van der Waals surface area (Å²) in [7, 11) is -3.56. The summed E-state index contributed by atoms with van der Waals surface area (Å²) in [6.07, 6.45) is 5.18. The summed E-state index contributed by atoms with van der Waals surface area (Å²) in [6, 6.07) is 5.06. The SMILES string of the molecule is O=[N+]([O-])c1ccc(S(=O)(=O)N2CC3C=CC(C3)C2)cc1. The summed E-state index contributed by atoms with van der Waals surface area (Å²) >= 11 is 0. The second kappa shape index (κ2) is 4.68. The molecule has 1 heterocycles. The van der Waals surface area contributed by atoms with E-state index in [2.05, 4.69) is 12.2 Å². The topological polar surface area (TPSA) is 80.5 Å². The molecule has 6 nitrogen and oxygen atoms in total. The molecular formula is C13H14N2O4S. The molecule has 106 valence electrons. The molecule has 2 aliphatic rings. The van der Waals surface area contributed by atoms with Crippen molar-refractivity contribution in [2.75, 3.05) is 13.1 Å². The molecule has 2 unspecified atom stereocenters. The Bertz CT molecular complexity index is 652. The predicted molar refractivity (Wildman–Crippen MR) is 72.6 cm³/mol. The number of sulfonamides is 1. The highest BCUT2D eigenvalue weighted by atomic mass is 32.2. The lowest BCUT2D eigenvalue weighted by Gasteiger charge is -2.31. The molecule has 1 aliphatic heterocycles. The van der Waals surface area contributed by atoms with Gasteiger partial charge in [-0.3, -0.25) is 10.1 Å². The van der Waals surface area contributed by atoms with Crippen LogP contribution in [0.3, 0.4) is 0 Å². The summed E-state index contributed by atoms with van der Waals surface area (Å²) in [5.41, 5.74) is -0.107. The Balaban J connectivity index is 1.86. The lowest BCUT2D eigenvalue weighted by atomic mass is 9.99. The van der Waals surface area contributed by atoms with E-state index in [0.717, 1.165) is 6.42 Å². The third-order valence-corrected chi connectivity index (χ3v) is 5.67. The zero-order valence-electron chi connectivity index (χ0n) is 10.7. The number of rotatable bonds is 3. The van der Waals surface area contributed by atoms with Crippen molar-refractivity contribution in [2.45, 2.75) is 11.3 Å². The molecule has 2 atom stereocenters. The molecule has 1 fully saturated rings. The van der Waals surface area contributed by atoms with Gasteiger partial charge in [0.1, 0.15) is 0 Å². The van der Waals surface area contributed by atoms with Crippen LogP contribution in [0, 0.1) is 22.0 Å². The highest BCUT2D eigenvalue weighted by Crippen LogP contribution is 2.33. The van der Waals surface area contributed by atoms with Gasteiger partial charge in [0.05, 0.1) is 9.82 Å². The van der Waals surface area contributed by atoms with Gasteiger partial charge < -0.3 is 0 Å². The van der Waals surface area contributed by atoms with Crippen molar-refractivity contribution in [2.24, 2.45) is 11.8 Å². The van der Waals surface area contributed by atoms with Gasteiger partial charge in [0, 0.05) is 25.2 Å². The second-order valence-corrected chi connectivity index (χ2v) is 7.15. The van der Waals surface area contributed by atoms with Crippen LogP contribution >= 0.6 is 0 Å². The fourth-order valence-electron chi connectivity index (χ4n) is 2.81. The smallest absolute Gasteiger partial charge is 0.258 e. The number of fused-ring (bicyclic) bond motifs is 2. The second-order valence-electron chi connectivity index (χ2n) is 5.21. The Morgan fingerprint density at radius 2 is 1.65 bits per heavy atom. The minimum absolute atomic E-state index is 0.107. The van der Waals surface area contributed by atoms with Crippen molar-refractivity contribution in [3.8, 4) is 0 Å². The van der Waals surface area contributed by atoms with Gasteiger partial charge in [-0.25, -0.2) is 8.42 Å². The molecule has 20 heavy (non-hydrogen) atoms. The van der Waals surface area contributed by atoms with Crippen molar-refractivity contribution in [3.63, 3.8) is 0 Å². The minimum Gasteiger partial charge on any atom is -0.258 e. The first-order valence-corrected chi connectivity index (χ1v) is 7.84. The standard InChI is InChI=1S/C13H14N2O4S/c16-15(17)12-3-5-13(6-4-12)20(18,19)14-8-10-1-2-11(7-10)9-14/h1-6,10-11H,7-9H2.